The van der Waals surface area contributed by atoms with Gasteiger partial charge in [-0.15, -0.1) is 0 Å². The monoisotopic (exact) mass is 365 g/mol. The average Bonchev–Trinajstić information content (AvgIpc) is 2.86. The van der Waals surface area contributed by atoms with Crippen molar-refractivity contribution in [2.45, 2.75) is 26.8 Å². The summed E-state index contributed by atoms with van der Waals surface area (Å²) in [6, 6.07) is 10.7. The molecule has 1 unspecified atom stereocenters. The van der Waals surface area contributed by atoms with Crippen molar-refractivity contribution >= 4 is 35.0 Å². The number of nitrogens with one attached hydrogen (secondary N) is 2. The van der Waals surface area contributed by atoms with Gasteiger partial charge in [0.2, 0.25) is 11.8 Å². The van der Waals surface area contributed by atoms with E-state index in [-0.39, 0.29) is 5.91 Å². The highest BCUT2D eigenvalue weighted by molar-refractivity contribution is 6.23. The van der Waals surface area contributed by atoms with Crippen molar-refractivity contribution in [3.8, 4) is 0 Å². The number of amides is 4. The van der Waals surface area contributed by atoms with Gasteiger partial charge in [0.25, 0.3) is 11.8 Å². The lowest BCUT2D eigenvalue weighted by Crippen LogP contribution is -2.45. The maximum atomic E-state index is 12.7. The second-order valence-electron chi connectivity index (χ2n) is 6.42. The molecule has 0 spiro atoms. The lowest BCUT2D eigenvalue weighted by molar-refractivity contribution is -0.119. The van der Waals surface area contributed by atoms with Gasteiger partial charge in [-0.05, 0) is 38.1 Å². The Kier molecular flexibility index (Phi) is 4.77. The predicted octanol–water partition coefficient (Wildman–Crippen LogP) is 2.58. The van der Waals surface area contributed by atoms with Crippen molar-refractivity contribution in [2.24, 2.45) is 0 Å². The molecule has 2 aromatic carbocycles. The zero-order valence-corrected chi connectivity index (χ0v) is 15.2. The fourth-order valence-electron chi connectivity index (χ4n) is 2.97. The average molecular weight is 365 g/mol. The number of imide groups is 1. The second-order valence-corrected chi connectivity index (χ2v) is 6.42. The number of carbonyl (C=O) groups excluding carboxylic acids is 4. The highest BCUT2D eigenvalue weighted by Gasteiger charge is 2.40. The van der Waals surface area contributed by atoms with Gasteiger partial charge < -0.3 is 10.6 Å². The Labute approximate surface area is 156 Å². The number of aryl methyl sites for hydroxylation is 1. The van der Waals surface area contributed by atoms with E-state index in [1.807, 2.05) is 6.92 Å². The summed E-state index contributed by atoms with van der Waals surface area (Å²) >= 11 is 0. The van der Waals surface area contributed by atoms with E-state index >= 15 is 0 Å². The van der Waals surface area contributed by atoms with Crippen LogP contribution in [0.2, 0.25) is 0 Å². The highest BCUT2D eigenvalue weighted by Crippen LogP contribution is 2.27. The maximum Gasteiger partial charge on any atom is 0.262 e. The molecule has 0 fully saturated rings. The Hall–Kier alpha value is -3.48. The van der Waals surface area contributed by atoms with Crippen LogP contribution < -0.4 is 10.6 Å². The first kappa shape index (κ1) is 18.3. The number of rotatable bonds is 4. The standard InChI is InChI=1S/C20H19N3O4/c1-11-8-9-14-15(10-11)20(27)23(19(14)26)12(2)18(25)22-17-7-5-4-6-16(17)21-13(3)24/h4-10,12H,1-3H3,(H,21,24)(H,22,25). The van der Waals surface area contributed by atoms with Crippen molar-refractivity contribution in [3.05, 3.63) is 59.2 Å². The van der Waals surface area contributed by atoms with Gasteiger partial charge in [-0.2, -0.15) is 0 Å². The van der Waals surface area contributed by atoms with Gasteiger partial charge in [-0.3, -0.25) is 24.1 Å². The van der Waals surface area contributed by atoms with Crippen LogP contribution in [0.15, 0.2) is 42.5 Å². The topological polar surface area (TPSA) is 95.6 Å². The molecular weight excluding hydrogens is 346 g/mol. The number of hydrogen-bond donors (Lipinski definition) is 2. The van der Waals surface area contributed by atoms with Crippen molar-refractivity contribution in [3.63, 3.8) is 0 Å². The van der Waals surface area contributed by atoms with Crippen molar-refractivity contribution in [1.29, 1.82) is 0 Å². The quantitative estimate of drug-likeness (QED) is 0.814. The maximum absolute atomic E-state index is 12.7. The molecule has 0 bridgehead atoms. The molecule has 2 aromatic rings. The molecule has 3 rings (SSSR count). The Morgan fingerprint density at radius 2 is 1.52 bits per heavy atom. The highest BCUT2D eigenvalue weighted by atomic mass is 16.2. The Morgan fingerprint density at radius 1 is 0.926 bits per heavy atom. The van der Waals surface area contributed by atoms with Gasteiger partial charge in [0.15, 0.2) is 0 Å². The van der Waals surface area contributed by atoms with Crippen LogP contribution in [0, 0.1) is 6.92 Å². The van der Waals surface area contributed by atoms with Crippen molar-refractivity contribution in [2.75, 3.05) is 10.6 Å². The van der Waals surface area contributed by atoms with Gasteiger partial charge in [0.05, 0.1) is 22.5 Å². The summed E-state index contributed by atoms with van der Waals surface area (Å²) in [5.41, 5.74) is 2.28. The summed E-state index contributed by atoms with van der Waals surface area (Å²) in [6.07, 6.45) is 0. The van der Waals surface area contributed by atoms with Crippen LogP contribution in [0.1, 0.15) is 40.1 Å². The zero-order chi connectivity index (χ0) is 19.7. The molecule has 1 aliphatic rings. The molecule has 138 valence electrons. The molecule has 27 heavy (non-hydrogen) atoms. The minimum Gasteiger partial charge on any atom is -0.325 e. The fourth-order valence-corrected chi connectivity index (χ4v) is 2.97. The number of hydrogen-bond acceptors (Lipinski definition) is 4. The molecule has 0 radical (unpaired) electrons. The first-order valence-electron chi connectivity index (χ1n) is 8.45. The summed E-state index contributed by atoms with van der Waals surface area (Å²) in [6.45, 7) is 4.68. The minimum atomic E-state index is -1.01. The molecule has 7 heteroatoms. The van der Waals surface area contributed by atoms with Gasteiger partial charge in [0.1, 0.15) is 6.04 Å². The molecule has 7 nitrogen and oxygen atoms in total. The number of carbonyl (C=O) groups is 4. The smallest absolute Gasteiger partial charge is 0.262 e. The lowest BCUT2D eigenvalue weighted by Gasteiger charge is -2.22. The Balaban J connectivity index is 1.82. The van der Waals surface area contributed by atoms with Gasteiger partial charge in [0, 0.05) is 6.92 Å². The minimum absolute atomic E-state index is 0.277. The van der Waals surface area contributed by atoms with Crippen LogP contribution in [0.3, 0.4) is 0 Å². The van der Waals surface area contributed by atoms with E-state index in [0.717, 1.165) is 10.5 Å². The van der Waals surface area contributed by atoms with Crippen molar-refractivity contribution < 1.29 is 19.2 Å². The molecule has 4 amide bonds. The number of benzene rings is 2. The van der Waals surface area contributed by atoms with E-state index in [4.69, 9.17) is 0 Å². The van der Waals surface area contributed by atoms with E-state index < -0.39 is 23.8 Å². The molecule has 1 aliphatic heterocycles. The van der Waals surface area contributed by atoms with Crippen molar-refractivity contribution in [1.82, 2.24) is 4.90 Å². The molecule has 2 N–H and O–H groups in total. The third-order valence-electron chi connectivity index (χ3n) is 4.34. The van der Waals surface area contributed by atoms with Gasteiger partial charge in [-0.1, -0.05) is 23.8 Å². The first-order chi connectivity index (χ1) is 12.8. The molecule has 1 heterocycles. The Bertz CT molecular complexity index is 967. The molecule has 1 atom stereocenters. The summed E-state index contributed by atoms with van der Waals surface area (Å²) in [7, 11) is 0. The number of para-hydroxylation sites is 2. The normalized spacial score (nSPS) is 14.0. The lowest BCUT2D eigenvalue weighted by atomic mass is 10.1. The molecular formula is C20H19N3O4. The molecule has 0 aromatic heterocycles. The van der Waals surface area contributed by atoms with Crippen LogP contribution in [0.25, 0.3) is 0 Å². The molecule has 0 saturated carbocycles. The largest absolute Gasteiger partial charge is 0.325 e. The summed E-state index contributed by atoms with van der Waals surface area (Å²) < 4.78 is 0. The van der Waals surface area contributed by atoms with Gasteiger partial charge in [-0.25, -0.2) is 0 Å². The van der Waals surface area contributed by atoms with Crippen LogP contribution in [0.4, 0.5) is 11.4 Å². The summed E-state index contributed by atoms with van der Waals surface area (Å²) in [4.78, 5) is 50.2. The summed E-state index contributed by atoms with van der Waals surface area (Å²) in [5, 5.41) is 5.30. The second kappa shape index (κ2) is 7.03. The zero-order valence-electron chi connectivity index (χ0n) is 15.2. The van der Waals surface area contributed by atoms with Crippen LogP contribution >= 0.6 is 0 Å². The fraction of sp³-hybridized carbons (Fsp3) is 0.200. The van der Waals surface area contributed by atoms with Crippen LogP contribution in [-0.4, -0.2) is 34.6 Å². The van der Waals surface area contributed by atoms with E-state index in [1.54, 1.807) is 42.5 Å². The number of nitrogens with zero attached hydrogens (tertiary/aromatic N) is 1. The summed E-state index contributed by atoms with van der Waals surface area (Å²) in [5.74, 6) is -1.79. The van der Waals surface area contributed by atoms with E-state index in [9.17, 15) is 19.2 Å². The number of fused-ring (bicyclic) bond motifs is 1. The third-order valence-corrected chi connectivity index (χ3v) is 4.34. The predicted molar refractivity (Wildman–Crippen MR) is 101 cm³/mol. The van der Waals surface area contributed by atoms with E-state index in [0.29, 0.717) is 22.5 Å². The van der Waals surface area contributed by atoms with Crippen LogP contribution in [0.5, 0.6) is 0 Å². The van der Waals surface area contributed by atoms with Gasteiger partial charge >= 0.3 is 0 Å². The van der Waals surface area contributed by atoms with Crippen LogP contribution in [-0.2, 0) is 9.59 Å². The van der Waals surface area contributed by atoms with E-state index in [2.05, 4.69) is 10.6 Å². The SMILES string of the molecule is CC(=O)Nc1ccccc1NC(=O)C(C)N1C(=O)c2ccc(C)cc2C1=O. The molecule has 0 aliphatic carbocycles. The first-order valence-corrected chi connectivity index (χ1v) is 8.45. The third kappa shape index (κ3) is 3.44. The Morgan fingerprint density at radius 3 is 2.15 bits per heavy atom. The number of anilines is 2. The van der Waals surface area contributed by atoms with E-state index in [1.165, 1.54) is 13.8 Å². The molecule has 0 saturated heterocycles.